The molecule has 194 valence electrons. The summed E-state index contributed by atoms with van der Waals surface area (Å²) in [6.45, 7) is 8.76. The number of carbonyl (C=O) groups excluding carboxylic acids is 2. The molecule has 0 radical (unpaired) electrons. The lowest BCUT2D eigenvalue weighted by Gasteiger charge is -2.42. The van der Waals surface area contributed by atoms with Gasteiger partial charge < -0.3 is 15.1 Å². The third-order valence-corrected chi connectivity index (χ3v) is 8.20. The number of piperidine rings is 1. The minimum atomic E-state index is -0.107. The smallest absolute Gasteiger partial charge is 0.225 e. The van der Waals surface area contributed by atoms with E-state index in [0.29, 0.717) is 5.91 Å². The van der Waals surface area contributed by atoms with Gasteiger partial charge in [0.1, 0.15) is 5.69 Å². The summed E-state index contributed by atoms with van der Waals surface area (Å²) in [6.07, 6.45) is 8.38. The largest absolute Gasteiger partial charge is 0.355 e. The Morgan fingerprint density at radius 3 is 2.19 bits per heavy atom. The molecular formula is C28H40N6O2. The summed E-state index contributed by atoms with van der Waals surface area (Å²) >= 11 is 0. The van der Waals surface area contributed by atoms with Crippen LogP contribution in [0.15, 0.2) is 30.3 Å². The van der Waals surface area contributed by atoms with Gasteiger partial charge in [-0.3, -0.25) is 14.5 Å². The molecule has 5 rings (SSSR count). The summed E-state index contributed by atoms with van der Waals surface area (Å²) in [6, 6.07) is 10.8. The van der Waals surface area contributed by atoms with E-state index in [4.69, 9.17) is 5.10 Å². The fourth-order valence-electron chi connectivity index (χ4n) is 6.23. The molecule has 3 fully saturated rings. The summed E-state index contributed by atoms with van der Waals surface area (Å²) < 4.78 is 1.92. The van der Waals surface area contributed by atoms with E-state index >= 15 is 0 Å². The van der Waals surface area contributed by atoms with Crippen molar-refractivity contribution >= 4 is 23.3 Å². The van der Waals surface area contributed by atoms with Crippen LogP contribution in [-0.2, 0) is 9.59 Å². The number of rotatable bonds is 5. The first-order chi connectivity index (χ1) is 17.5. The molecule has 0 unspecified atom stereocenters. The minimum absolute atomic E-state index is 0.0703. The first-order valence-corrected chi connectivity index (χ1v) is 13.7. The number of amides is 2. The van der Waals surface area contributed by atoms with Crippen LogP contribution < -0.4 is 10.2 Å². The molecule has 3 heterocycles. The van der Waals surface area contributed by atoms with Crippen LogP contribution in [0.2, 0.25) is 0 Å². The number of hydrogen-bond donors (Lipinski definition) is 1. The van der Waals surface area contributed by atoms with Gasteiger partial charge >= 0.3 is 0 Å². The Labute approximate surface area is 214 Å². The second-order valence-corrected chi connectivity index (χ2v) is 10.6. The van der Waals surface area contributed by atoms with Crippen LogP contribution in [-0.4, -0.2) is 76.7 Å². The zero-order chi connectivity index (χ0) is 25.1. The molecule has 1 N–H and O–H groups in total. The maximum absolute atomic E-state index is 13.4. The first kappa shape index (κ1) is 24.8. The van der Waals surface area contributed by atoms with Gasteiger partial charge in [-0.05, 0) is 44.7 Å². The molecule has 3 aliphatic rings. The number of nitrogens with one attached hydrogen (secondary N) is 1. The predicted molar refractivity (Wildman–Crippen MR) is 143 cm³/mol. The molecule has 1 saturated carbocycles. The van der Waals surface area contributed by atoms with Gasteiger partial charge in [-0.15, -0.1) is 0 Å². The van der Waals surface area contributed by atoms with E-state index < -0.39 is 0 Å². The summed E-state index contributed by atoms with van der Waals surface area (Å²) in [5, 5.41) is 7.76. The van der Waals surface area contributed by atoms with Crippen molar-refractivity contribution in [2.24, 2.45) is 5.92 Å². The maximum atomic E-state index is 13.4. The van der Waals surface area contributed by atoms with Crippen LogP contribution in [0.3, 0.4) is 0 Å². The van der Waals surface area contributed by atoms with E-state index in [0.717, 1.165) is 81.0 Å². The fourth-order valence-corrected chi connectivity index (χ4v) is 6.23. The molecule has 1 aromatic heterocycles. The lowest BCUT2D eigenvalue weighted by atomic mass is 9.93. The highest BCUT2D eigenvalue weighted by Crippen LogP contribution is 2.35. The van der Waals surface area contributed by atoms with Crippen molar-refractivity contribution in [2.45, 2.75) is 64.8 Å². The Kier molecular flexibility index (Phi) is 7.60. The molecular weight excluding hydrogens is 452 g/mol. The number of benzene rings is 1. The van der Waals surface area contributed by atoms with Gasteiger partial charge in [0.2, 0.25) is 11.8 Å². The van der Waals surface area contributed by atoms with E-state index in [-0.39, 0.29) is 11.8 Å². The van der Waals surface area contributed by atoms with Crippen LogP contribution in [0.1, 0.15) is 57.6 Å². The lowest BCUT2D eigenvalue weighted by molar-refractivity contribution is -0.138. The van der Waals surface area contributed by atoms with Gasteiger partial charge in [0.05, 0.1) is 11.4 Å². The average molecular weight is 493 g/mol. The lowest BCUT2D eigenvalue weighted by Crippen LogP contribution is -2.54. The normalized spacial score (nSPS) is 20.5. The zero-order valence-corrected chi connectivity index (χ0v) is 21.8. The van der Waals surface area contributed by atoms with Crippen LogP contribution >= 0.6 is 0 Å². The van der Waals surface area contributed by atoms with Crippen molar-refractivity contribution in [3.8, 4) is 5.69 Å². The molecule has 8 nitrogen and oxygen atoms in total. The van der Waals surface area contributed by atoms with Gasteiger partial charge in [0.15, 0.2) is 5.82 Å². The van der Waals surface area contributed by atoms with Gasteiger partial charge in [0.25, 0.3) is 0 Å². The van der Waals surface area contributed by atoms with Crippen molar-refractivity contribution < 1.29 is 9.59 Å². The van der Waals surface area contributed by atoms with Gasteiger partial charge in [-0.1, -0.05) is 37.5 Å². The second kappa shape index (κ2) is 11.0. The number of aryl methyl sites for hydroxylation is 1. The number of anilines is 2. The Bertz CT molecular complexity index is 1050. The summed E-state index contributed by atoms with van der Waals surface area (Å²) in [5.74, 6) is 1.19. The minimum Gasteiger partial charge on any atom is -0.355 e. The van der Waals surface area contributed by atoms with Crippen LogP contribution in [0.25, 0.3) is 5.69 Å². The van der Waals surface area contributed by atoms with E-state index in [1.807, 2.05) is 41.9 Å². The SMILES string of the molecule is CC(=O)Nc1c(C)nn(-c2ccccc2)c1N1CCC(C(=O)N2CCN(C3CCCCC3)CC2)CC1. The molecule has 8 heteroatoms. The zero-order valence-electron chi connectivity index (χ0n) is 21.8. The van der Waals surface area contributed by atoms with Gasteiger partial charge in [-0.2, -0.15) is 5.10 Å². The van der Waals surface area contributed by atoms with Crippen LogP contribution in [0.5, 0.6) is 0 Å². The third kappa shape index (κ3) is 5.28. The van der Waals surface area contributed by atoms with E-state index in [1.54, 1.807) is 0 Å². The Hall–Kier alpha value is -2.87. The molecule has 0 atom stereocenters. The second-order valence-electron chi connectivity index (χ2n) is 10.6. The number of aromatic nitrogens is 2. The Balaban J connectivity index is 1.24. The van der Waals surface area contributed by atoms with Crippen LogP contribution in [0.4, 0.5) is 11.5 Å². The monoisotopic (exact) mass is 492 g/mol. The molecule has 2 aliphatic heterocycles. The van der Waals surface area contributed by atoms with E-state index in [1.165, 1.54) is 39.0 Å². The highest BCUT2D eigenvalue weighted by molar-refractivity contribution is 5.93. The van der Waals surface area contributed by atoms with Crippen LogP contribution in [0, 0.1) is 12.8 Å². The molecule has 1 aromatic carbocycles. The highest BCUT2D eigenvalue weighted by atomic mass is 16.2. The molecule has 0 spiro atoms. The quantitative estimate of drug-likeness (QED) is 0.687. The fraction of sp³-hybridized carbons (Fsp3) is 0.607. The standard InChI is InChI=1S/C28H40N6O2/c1-21-26(29-22(2)35)27(34(30-21)25-11-7-4-8-12-25)32-15-13-23(14-16-32)28(36)33-19-17-31(18-20-33)24-9-5-3-6-10-24/h4,7-8,11-12,23-24H,3,5-6,9-10,13-20H2,1-2H3,(H,29,35). The topological polar surface area (TPSA) is 73.7 Å². The van der Waals surface area contributed by atoms with E-state index in [2.05, 4.69) is 20.0 Å². The molecule has 2 amide bonds. The number of para-hydroxylation sites is 1. The Morgan fingerprint density at radius 1 is 0.889 bits per heavy atom. The van der Waals surface area contributed by atoms with Gasteiger partial charge in [0, 0.05) is 58.2 Å². The van der Waals surface area contributed by atoms with Crippen molar-refractivity contribution in [1.82, 2.24) is 19.6 Å². The first-order valence-electron chi connectivity index (χ1n) is 13.7. The number of carbonyl (C=O) groups is 2. The van der Waals surface area contributed by atoms with Crippen molar-refractivity contribution in [3.05, 3.63) is 36.0 Å². The maximum Gasteiger partial charge on any atom is 0.225 e. The third-order valence-electron chi connectivity index (χ3n) is 8.20. The van der Waals surface area contributed by atoms with Crippen molar-refractivity contribution in [3.63, 3.8) is 0 Å². The van der Waals surface area contributed by atoms with Crippen molar-refractivity contribution in [1.29, 1.82) is 0 Å². The summed E-state index contributed by atoms with van der Waals surface area (Å²) in [5.41, 5.74) is 2.51. The number of nitrogens with zero attached hydrogens (tertiary/aromatic N) is 5. The van der Waals surface area contributed by atoms with Gasteiger partial charge in [-0.25, -0.2) is 4.68 Å². The molecule has 36 heavy (non-hydrogen) atoms. The number of hydrogen-bond acceptors (Lipinski definition) is 5. The molecule has 2 saturated heterocycles. The number of piperazine rings is 1. The summed E-state index contributed by atoms with van der Waals surface area (Å²) in [4.78, 5) is 32.4. The predicted octanol–water partition coefficient (Wildman–Crippen LogP) is 3.83. The van der Waals surface area contributed by atoms with Crippen molar-refractivity contribution in [2.75, 3.05) is 49.5 Å². The van der Waals surface area contributed by atoms with E-state index in [9.17, 15) is 9.59 Å². The average Bonchev–Trinajstić information content (AvgIpc) is 3.24. The Morgan fingerprint density at radius 2 is 1.56 bits per heavy atom. The molecule has 0 bridgehead atoms. The molecule has 1 aliphatic carbocycles. The molecule has 2 aromatic rings. The highest BCUT2D eigenvalue weighted by Gasteiger charge is 2.34. The summed E-state index contributed by atoms with van der Waals surface area (Å²) in [7, 11) is 0.